The topological polar surface area (TPSA) is 104 Å². The summed E-state index contributed by atoms with van der Waals surface area (Å²) >= 11 is 3.58. The number of amides is 1. The summed E-state index contributed by atoms with van der Waals surface area (Å²) in [6.07, 6.45) is 4.29. The monoisotopic (exact) mass is 455 g/mol. The van der Waals surface area contributed by atoms with Crippen molar-refractivity contribution in [1.29, 1.82) is 5.26 Å². The third-order valence-electron chi connectivity index (χ3n) is 4.98. The zero-order chi connectivity index (χ0) is 20.4. The van der Waals surface area contributed by atoms with E-state index in [4.69, 9.17) is 10.00 Å². The quantitative estimate of drug-likeness (QED) is 0.641. The van der Waals surface area contributed by atoms with Crippen molar-refractivity contribution >= 4 is 27.7 Å². The SMILES string of the molecule is N#Cc1ccc(-c2nc(OC[C@@H]3CCCN(C(=O)O)C3)n3ccnc3c2Br)cc1. The first-order valence-corrected chi connectivity index (χ1v) is 10.00. The first kappa shape index (κ1) is 19.2. The van der Waals surface area contributed by atoms with Crippen molar-refractivity contribution in [2.75, 3.05) is 19.7 Å². The number of aromatic nitrogens is 3. The Morgan fingerprint density at radius 3 is 2.90 bits per heavy atom. The normalized spacial score (nSPS) is 16.6. The fourth-order valence-corrected chi connectivity index (χ4v) is 4.10. The molecular weight excluding hydrogens is 438 g/mol. The molecule has 1 aliphatic rings. The van der Waals surface area contributed by atoms with Crippen molar-refractivity contribution in [3.05, 3.63) is 46.7 Å². The highest BCUT2D eigenvalue weighted by molar-refractivity contribution is 9.10. The lowest BCUT2D eigenvalue weighted by atomic mass is 9.99. The number of hydrogen-bond donors (Lipinski definition) is 1. The smallest absolute Gasteiger partial charge is 0.407 e. The highest BCUT2D eigenvalue weighted by atomic mass is 79.9. The Kier molecular flexibility index (Phi) is 5.36. The van der Waals surface area contributed by atoms with Crippen LogP contribution in [0.15, 0.2) is 41.1 Å². The number of hydrogen-bond acceptors (Lipinski definition) is 5. The van der Waals surface area contributed by atoms with Crippen molar-refractivity contribution in [2.45, 2.75) is 12.8 Å². The zero-order valence-corrected chi connectivity index (χ0v) is 17.0. The lowest BCUT2D eigenvalue weighted by Gasteiger charge is -2.30. The Morgan fingerprint density at radius 1 is 1.38 bits per heavy atom. The number of carbonyl (C=O) groups is 1. The third kappa shape index (κ3) is 3.89. The Morgan fingerprint density at radius 2 is 2.17 bits per heavy atom. The number of benzene rings is 1. The fourth-order valence-electron chi connectivity index (χ4n) is 3.49. The van der Waals surface area contributed by atoms with Crippen LogP contribution in [0.25, 0.3) is 16.9 Å². The van der Waals surface area contributed by atoms with Crippen LogP contribution < -0.4 is 4.74 Å². The van der Waals surface area contributed by atoms with Crippen molar-refractivity contribution in [1.82, 2.24) is 19.3 Å². The zero-order valence-electron chi connectivity index (χ0n) is 15.5. The van der Waals surface area contributed by atoms with Gasteiger partial charge in [-0.1, -0.05) is 12.1 Å². The molecular formula is C20H18BrN5O3. The fraction of sp³-hybridized carbons (Fsp3) is 0.300. The number of rotatable bonds is 4. The van der Waals surface area contributed by atoms with Gasteiger partial charge in [0.25, 0.3) is 0 Å². The molecule has 0 unspecified atom stereocenters. The largest absolute Gasteiger partial charge is 0.465 e. The van der Waals surface area contributed by atoms with Gasteiger partial charge in [0.05, 0.1) is 28.4 Å². The van der Waals surface area contributed by atoms with Crippen molar-refractivity contribution in [3.8, 4) is 23.3 Å². The number of ether oxygens (including phenoxy) is 1. The van der Waals surface area contributed by atoms with Gasteiger partial charge in [0.1, 0.15) is 0 Å². The Bertz CT molecular complexity index is 1090. The summed E-state index contributed by atoms with van der Waals surface area (Å²) in [6.45, 7) is 1.40. The van der Waals surface area contributed by atoms with Gasteiger partial charge in [0.2, 0.25) is 0 Å². The molecule has 0 aliphatic carbocycles. The minimum Gasteiger partial charge on any atom is -0.465 e. The molecule has 4 rings (SSSR count). The molecule has 0 spiro atoms. The number of nitrogens with zero attached hydrogens (tertiary/aromatic N) is 5. The van der Waals surface area contributed by atoms with Gasteiger partial charge in [-0.25, -0.2) is 9.78 Å². The van der Waals surface area contributed by atoms with Crippen LogP contribution in [0.4, 0.5) is 4.79 Å². The van der Waals surface area contributed by atoms with Crippen molar-refractivity contribution in [3.63, 3.8) is 0 Å². The van der Waals surface area contributed by atoms with Gasteiger partial charge in [0.15, 0.2) is 5.65 Å². The molecule has 1 amide bonds. The first-order valence-electron chi connectivity index (χ1n) is 9.20. The summed E-state index contributed by atoms with van der Waals surface area (Å²) < 4.78 is 8.52. The molecule has 1 atom stereocenters. The number of halogens is 1. The molecule has 2 aromatic heterocycles. The second-order valence-corrected chi connectivity index (χ2v) is 7.71. The van der Waals surface area contributed by atoms with Crippen LogP contribution in [-0.4, -0.2) is 50.2 Å². The lowest BCUT2D eigenvalue weighted by Crippen LogP contribution is -2.40. The average Bonchev–Trinajstić information content (AvgIpc) is 3.24. The molecule has 9 heteroatoms. The van der Waals surface area contributed by atoms with Crippen LogP contribution in [0.3, 0.4) is 0 Å². The van der Waals surface area contributed by atoms with E-state index in [1.54, 1.807) is 28.9 Å². The Labute approximate surface area is 175 Å². The first-order chi connectivity index (χ1) is 14.1. The molecule has 1 aromatic carbocycles. The molecule has 1 fully saturated rings. The third-order valence-corrected chi connectivity index (χ3v) is 5.71. The average molecular weight is 456 g/mol. The van der Waals surface area contributed by atoms with Crippen molar-refractivity contribution < 1.29 is 14.6 Å². The highest BCUT2D eigenvalue weighted by Crippen LogP contribution is 2.32. The Balaban J connectivity index is 1.62. The Hall–Kier alpha value is -3.12. The van der Waals surface area contributed by atoms with Gasteiger partial charge >= 0.3 is 12.1 Å². The van der Waals surface area contributed by atoms with Crippen molar-refractivity contribution in [2.24, 2.45) is 5.92 Å². The minimum absolute atomic E-state index is 0.113. The number of piperidine rings is 1. The number of imidazole rings is 1. The van der Waals surface area contributed by atoms with Crippen LogP contribution >= 0.6 is 15.9 Å². The van der Waals surface area contributed by atoms with E-state index >= 15 is 0 Å². The predicted molar refractivity (Wildman–Crippen MR) is 109 cm³/mol. The van der Waals surface area contributed by atoms with Gasteiger partial charge in [-0.05, 0) is 40.9 Å². The second kappa shape index (κ2) is 8.09. The van der Waals surface area contributed by atoms with E-state index in [0.717, 1.165) is 22.9 Å². The van der Waals surface area contributed by atoms with Gasteiger partial charge in [-0.15, -0.1) is 0 Å². The standard InChI is InChI=1S/C20H18BrN5O3/c21-16-17(15-5-3-13(10-22)4-6-15)24-19(26-9-7-23-18(16)26)29-12-14-2-1-8-25(11-14)20(27)28/h3-7,9,14H,1-2,8,11-12H2,(H,27,28)/t14-/m1/s1. The summed E-state index contributed by atoms with van der Waals surface area (Å²) in [6, 6.07) is 9.65. The van der Waals surface area contributed by atoms with Crippen LogP contribution in [0.5, 0.6) is 6.01 Å². The van der Waals surface area contributed by atoms with Gasteiger partial charge in [-0.3, -0.25) is 4.40 Å². The highest BCUT2D eigenvalue weighted by Gasteiger charge is 2.24. The summed E-state index contributed by atoms with van der Waals surface area (Å²) in [7, 11) is 0. The summed E-state index contributed by atoms with van der Waals surface area (Å²) in [5.41, 5.74) is 2.74. The van der Waals surface area contributed by atoms with Crippen LogP contribution in [-0.2, 0) is 0 Å². The lowest BCUT2D eigenvalue weighted by molar-refractivity contribution is 0.102. The molecule has 0 bridgehead atoms. The molecule has 1 N–H and O–H groups in total. The van der Waals surface area contributed by atoms with Crippen LogP contribution in [0.2, 0.25) is 0 Å². The van der Waals surface area contributed by atoms with Crippen LogP contribution in [0.1, 0.15) is 18.4 Å². The second-order valence-electron chi connectivity index (χ2n) is 6.91. The van der Waals surface area contributed by atoms with E-state index < -0.39 is 6.09 Å². The number of nitriles is 1. The van der Waals surface area contributed by atoms with E-state index in [1.165, 1.54) is 4.90 Å². The maximum Gasteiger partial charge on any atom is 0.407 e. The molecule has 8 nitrogen and oxygen atoms in total. The molecule has 1 aliphatic heterocycles. The van der Waals surface area contributed by atoms with Gasteiger partial charge < -0.3 is 14.7 Å². The van der Waals surface area contributed by atoms with Gasteiger partial charge in [0, 0.05) is 37.0 Å². The molecule has 0 saturated carbocycles. The van der Waals surface area contributed by atoms with E-state index in [1.807, 2.05) is 12.1 Å². The summed E-state index contributed by atoms with van der Waals surface area (Å²) in [5.74, 6) is 0.113. The summed E-state index contributed by atoms with van der Waals surface area (Å²) in [5, 5.41) is 18.2. The number of fused-ring (bicyclic) bond motifs is 1. The number of carboxylic acid groups (broad SMARTS) is 1. The summed E-state index contributed by atoms with van der Waals surface area (Å²) in [4.78, 5) is 21.7. The maximum atomic E-state index is 11.2. The van der Waals surface area contributed by atoms with E-state index in [0.29, 0.717) is 42.6 Å². The van der Waals surface area contributed by atoms with E-state index in [9.17, 15) is 9.90 Å². The molecule has 3 aromatic rings. The molecule has 29 heavy (non-hydrogen) atoms. The predicted octanol–water partition coefficient (Wildman–Crippen LogP) is 3.80. The maximum absolute atomic E-state index is 11.2. The minimum atomic E-state index is -0.892. The molecule has 1 saturated heterocycles. The molecule has 3 heterocycles. The van der Waals surface area contributed by atoms with Gasteiger partial charge in [-0.2, -0.15) is 10.2 Å². The molecule has 0 radical (unpaired) electrons. The van der Waals surface area contributed by atoms with Crippen LogP contribution in [0, 0.1) is 17.2 Å². The van der Waals surface area contributed by atoms with E-state index in [-0.39, 0.29) is 5.92 Å². The van der Waals surface area contributed by atoms with E-state index in [2.05, 4.69) is 32.0 Å². The number of likely N-dealkylation sites (tertiary alicyclic amines) is 1. The molecule has 148 valence electrons.